The summed E-state index contributed by atoms with van der Waals surface area (Å²) in [5.41, 5.74) is 0.896. The van der Waals surface area contributed by atoms with Crippen LogP contribution >= 0.6 is 0 Å². The minimum atomic E-state index is -2.80. The van der Waals surface area contributed by atoms with Gasteiger partial charge in [-0.3, -0.25) is 4.79 Å². The second kappa shape index (κ2) is 5.91. The summed E-state index contributed by atoms with van der Waals surface area (Å²) in [6.07, 6.45) is 1.57. The van der Waals surface area contributed by atoms with E-state index in [1.165, 1.54) is 17.2 Å². The lowest BCUT2D eigenvalue weighted by Gasteiger charge is -2.22. The molecule has 120 valence electrons. The molecule has 0 unspecified atom stereocenters. The number of aromatic nitrogens is 1. The van der Waals surface area contributed by atoms with E-state index >= 15 is 0 Å². The number of hydrogen-bond donors (Lipinski definition) is 1. The van der Waals surface area contributed by atoms with Crippen LogP contribution in [0, 0.1) is 5.82 Å². The van der Waals surface area contributed by atoms with Gasteiger partial charge in [-0.2, -0.15) is 0 Å². The van der Waals surface area contributed by atoms with Gasteiger partial charge in [-0.15, -0.1) is 0 Å². The second-order valence-electron chi connectivity index (χ2n) is 5.33. The molecule has 23 heavy (non-hydrogen) atoms. The van der Waals surface area contributed by atoms with Crippen molar-refractivity contribution in [3.05, 3.63) is 42.3 Å². The van der Waals surface area contributed by atoms with Crippen LogP contribution < -0.4 is 10.2 Å². The van der Waals surface area contributed by atoms with Gasteiger partial charge in [0.05, 0.1) is 12.2 Å². The standard InChI is InChI=1S/C16H14F3N3O/c17-13-4-2-1-3-11(13)12-5-7-20-15(14(12)21-10-23)22-8-6-16(18,19)9-22/h1-5,7,10H,6,8-9H2,(H,21,23). The third-order valence-corrected chi connectivity index (χ3v) is 3.77. The molecular formula is C16H14F3N3O. The Morgan fingerprint density at radius 3 is 2.65 bits per heavy atom. The molecule has 1 aliphatic rings. The SMILES string of the molecule is O=CNc1c(-c2ccccc2F)ccnc1N1CCC(F)(F)C1. The predicted octanol–water partition coefficient (Wildman–Crippen LogP) is 3.30. The number of nitrogens with zero attached hydrogens (tertiary/aromatic N) is 2. The maximum atomic E-state index is 14.1. The fourth-order valence-electron chi connectivity index (χ4n) is 2.71. The third-order valence-electron chi connectivity index (χ3n) is 3.77. The Balaban J connectivity index is 2.10. The van der Waals surface area contributed by atoms with Gasteiger partial charge >= 0.3 is 0 Å². The van der Waals surface area contributed by atoms with Crippen LogP contribution in [0.15, 0.2) is 36.5 Å². The van der Waals surface area contributed by atoms with Crippen molar-refractivity contribution in [3.8, 4) is 11.1 Å². The van der Waals surface area contributed by atoms with Crippen LogP contribution in [0.3, 0.4) is 0 Å². The third kappa shape index (κ3) is 2.99. The highest BCUT2D eigenvalue weighted by molar-refractivity contribution is 5.92. The summed E-state index contributed by atoms with van der Waals surface area (Å²) in [5, 5.41) is 2.48. The summed E-state index contributed by atoms with van der Waals surface area (Å²) in [6, 6.07) is 7.61. The molecule has 0 aliphatic carbocycles. The normalized spacial score (nSPS) is 16.4. The largest absolute Gasteiger partial charge is 0.349 e. The molecule has 0 spiro atoms. The van der Waals surface area contributed by atoms with Crippen molar-refractivity contribution in [2.45, 2.75) is 12.3 Å². The minimum absolute atomic E-state index is 0.119. The van der Waals surface area contributed by atoms with Crippen LogP contribution in [0.25, 0.3) is 11.1 Å². The van der Waals surface area contributed by atoms with Crippen LogP contribution in [0.1, 0.15) is 6.42 Å². The molecule has 1 aromatic carbocycles. The summed E-state index contributed by atoms with van der Waals surface area (Å²) in [4.78, 5) is 16.4. The molecule has 0 saturated carbocycles. The summed E-state index contributed by atoms with van der Waals surface area (Å²) in [5.74, 6) is -3.05. The molecule has 1 aromatic heterocycles. The molecule has 1 fully saturated rings. The Bertz CT molecular complexity index is 736. The van der Waals surface area contributed by atoms with Gasteiger partial charge in [0, 0.05) is 30.3 Å². The quantitative estimate of drug-likeness (QED) is 0.879. The number of alkyl halides is 2. The highest BCUT2D eigenvalue weighted by atomic mass is 19.3. The fraction of sp³-hybridized carbons (Fsp3) is 0.250. The van der Waals surface area contributed by atoms with E-state index in [0.29, 0.717) is 12.0 Å². The number of nitrogens with one attached hydrogen (secondary N) is 1. The lowest BCUT2D eigenvalue weighted by atomic mass is 10.0. The van der Waals surface area contributed by atoms with Crippen LogP contribution in [0.4, 0.5) is 24.7 Å². The molecule has 0 radical (unpaired) electrons. The van der Waals surface area contributed by atoms with E-state index in [0.717, 1.165) is 0 Å². The monoisotopic (exact) mass is 321 g/mol. The zero-order valence-electron chi connectivity index (χ0n) is 12.1. The van der Waals surface area contributed by atoms with Gasteiger partial charge in [-0.1, -0.05) is 18.2 Å². The number of rotatable bonds is 4. The summed E-state index contributed by atoms with van der Waals surface area (Å²) in [6.45, 7) is -0.359. The molecule has 1 saturated heterocycles. The van der Waals surface area contributed by atoms with Crippen molar-refractivity contribution in [1.82, 2.24) is 4.98 Å². The van der Waals surface area contributed by atoms with Gasteiger partial charge in [-0.05, 0) is 12.1 Å². The Kier molecular flexibility index (Phi) is 3.94. The fourth-order valence-corrected chi connectivity index (χ4v) is 2.71. The summed E-state index contributed by atoms with van der Waals surface area (Å²) >= 11 is 0. The molecule has 2 aromatic rings. The van der Waals surface area contributed by atoms with Crippen molar-refractivity contribution >= 4 is 17.9 Å². The molecule has 0 bridgehead atoms. The highest BCUT2D eigenvalue weighted by Gasteiger charge is 2.39. The van der Waals surface area contributed by atoms with Gasteiger partial charge < -0.3 is 10.2 Å². The van der Waals surface area contributed by atoms with Crippen molar-refractivity contribution < 1.29 is 18.0 Å². The molecule has 4 nitrogen and oxygen atoms in total. The average Bonchev–Trinajstić information content (AvgIpc) is 2.88. The van der Waals surface area contributed by atoms with Crippen molar-refractivity contribution in [1.29, 1.82) is 0 Å². The first-order valence-electron chi connectivity index (χ1n) is 7.09. The van der Waals surface area contributed by atoms with E-state index in [1.807, 2.05) is 0 Å². The average molecular weight is 321 g/mol. The zero-order chi connectivity index (χ0) is 16.4. The minimum Gasteiger partial charge on any atom is -0.349 e. The summed E-state index contributed by atoms with van der Waals surface area (Å²) < 4.78 is 41.0. The number of benzene rings is 1. The molecule has 1 amide bonds. The Morgan fingerprint density at radius 1 is 1.22 bits per heavy atom. The zero-order valence-corrected chi connectivity index (χ0v) is 12.1. The van der Waals surface area contributed by atoms with E-state index in [9.17, 15) is 18.0 Å². The topological polar surface area (TPSA) is 45.2 Å². The lowest BCUT2D eigenvalue weighted by Crippen LogP contribution is -2.26. The molecule has 2 heterocycles. The van der Waals surface area contributed by atoms with Crippen molar-refractivity contribution in [2.75, 3.05) is 23.3 Å². The van der Waals surface area contributed by atoms with E-state index in [1.54, 1.807) is 24.3 Å². The molecule has 0 atom stereocenters. The number of carbonyl (C=O) groups excluding carboxylic acids is 1. The van der Waals surface area contributed by atoms with Crippen molar-refractivity contribution in [2.24, 2.45) is 0 Å². The maximum absolute atomic E-state index is 14.1. The van der Waals surface area contributed by atoms with Crippen LogP contribution in [-0.4, -0.2) is 30.4 Å². The number of halogens is 3. The number of carbonyl (C=O) groups is 1. The number of pyridine rings is 1. The van der Waals surface area contributed by atoms with E-state index in [4.69, 9.17) is 0 Å². The van der Waals surface area contributed by atoms with Gasteiger partial charge in [0.1, 0.15) is 5.82 Å². The Hall–Kier alpha value is -2.57. The maximum Gasteiger partial charge on any atom is 0.266 e. The molecule has 1 aliphatic heterocycles. The summed E-state index contributed by atoms with van der Waals surface area (Å²) in [7, 11) is 0. The van der Waals surface area contributed by atoms with E-state index < -0.39 is 18.3 Å². The predicted molar refractivity (Wildman–Crippen MR) is 81.1 cm³/mol. The van der Waals surface area contributed by atoms with Crippen LogP contribution in [0.5, 0.6) is 0 Å². The molecule has 1 N–H and O–H groups in total. The van der Waals surface area contributed by atoms with Gasteiger partial charge in [-0.25, -0.2) is 18.2 Å². The van der Waals surface area contributed by atoms with Crippen LogP contribution in [-0.2, 0) is 4.79 Å². The van der Waals surface area contributed by atoms with Gasteiger partial charge in [0.25, 0.3) is 5.92 Å². The Morgan fingerprint density at radius 2 is 2.00 bits per heavy atom. The molecular weight excluding hydrogens is 307 g/mol. The van der Waals surface area contributed by atoms with Crippen LogP contribution in [0.2, 0.25) is 0 Å². The number of amides is 1. The number of hydrogen-bond acceptors (Lipinski definition) is 3. The smallest absolute Gasteiger partial charge is 0.266 e. The van der Waals surface area contributed by atoms with E-state index in [2.05, 4.69) is 10.3 Å². The lowest BCUT2D eigenvalue weighted by molar-refractivity contribution is -0.105. The highest BCUT2D eigenvalue weighted by Crippen LogP contribution is 2.39. The van der Waals surface area contributed by atoms with Crippen molar-refractivity contribution in [3.63, 3.8) is 0 Å². The first kappa shape index (κ1) is 15.3. The first-order chi connectivity index (χ1) is 11.0. The molecule has 7 heteroatoms. The number of anilines is 2. The Labute approximate surface area is 130 Å². The molecule has 3 rings (SSSR count). The van der Waals surface area contributed by atoms with E-state index in [-0.39, 0.29) is 30.0 Å². The first-order valence-corrected chi connectivity index (χ1v) is 7.09. The second-order valence-corrected chi connectivity index (χ2v) is 5.33. The van der Waals surface area contributed by atoms with Gasteiger partial charge in [0.15, 0.2) is 5.82 Å². The van der Waals surface area contributed by atoms with Gasteiger partial charge in [0.2, 0.25) is 6.41 Å².